The Morgan fingerprint density at radius 3 is 0.944 bits per heavy atom. The summed E-state index contributed by atoms with van der Waals surface area (Å²) in [5.41, 5.74) is -0.312. The van der Waals surface area contributed by atoms with Gasteiger partial charge in [0, 0.05) is 177 Å². The maximum atomic E-state index is 13.4. The standard InChI is InChI=1S/C23H29FN4O5.C22H27FN4O4.C22H29FN4O4.C22H27FN4O3/c1-22(2,3)33-21(31)28-11-9-27(10-12-28)20-25-13-17(14-26-20)23(15-29,19(30)32-4)16-5-7-18(24)8-6-16;1-22(2,3)31-21(29)27-11-9-26(10-12-27)20-24-13-16(14-25-20)18(19(28)30-4)15-5-7-17(23)8-6-15;1-21(2,3)31-20(30)27-10-8-26(9-11-27)19-24-12-17(13-25-19)22(14-28,15-29)16-4-6-18(23)7-5-16;1-21(2,3)30-20(28)27-10-8-26(9-11-27)19-24-12-17(13-25-19)22(14-29-15-22)16-4-6-18(23)7-5-16/h5-8,13-14,29H,9-12,15H2,1-4H3;5-8,13-14,18H,9-12H2,1-4H3;4-7,12-13,28-29H,8-11,14-15H2,1-3H3;4-7,12-13H,8-11,14-15H2,1-3H3. The number of carbonyl (C=O) groups excluding carboxylic acids is 6. The number of carbonyl (C=O) groups is 6. The zero-order valence-electron chi connectivity index (χ0n) is 73.1. The molecule has 5 aliphatic heterocycles. The quantitative estimate of drug-likeness (QED) is 0.0433. The van der Waals surface area contributed by atoms with Gasteiger partial charge in [0.1, 0.15) is 57.0 Å². The first-order chi connectivity index (χ1) is 59.2. The summed E-state index contributed by atoms with van der Waals surface area (Å²) in [6.45, 7) is 30.3. The highest BCUT2D eigenvalue weighted by atomic mass is 19.1. The zero-order valence-corrected chi connectivity index (χ0v) is 73.1. The highest BCUT2D eigenvalue weighted by Crippen LogP contribution is 2.40. The average Bonchev–Trinajstić information content (AvgIpc) is 0.750. The number of amides is 4. The number of piperazine rings is 4. The summed E-state index contributed by atoms with van der Waals surface area (Å²) in [4.78, 5) is 124. The molecule has 32 nitrogen and oxygen atoms in total. The third-order valence-electron chi connectivity index (χ3n) is 21.1. The number of ether oxygens (including phenoxy) is 7. The number of aliphatic hydroxyl groups is 3. The number of anilines is 4. The van der Waals surface area contributed by atoms with Gasteiger partial charge in [0.25, 0.3) is 0 Å². The van der Waals surface area contributed by atoms with E-state index >= 15 is 0 Å². The molecule has 36 heteroatoms. The van der Waals surface area contributed by atoms with Crippen LogP contribution in [0.25, 0.3) is 0 Å². The second-order valence-electron chi connectivity index (χ2n) is 34.5. The molecule has 0 bridgehead atoms. The van der Waals surface area contributed by atoms with Gasteiger partial charge >= 0.3 is 36.3 Å². The van der Waals surface area contributed by atoms with Crippen molar-refractivity contribution in [1.29, 1.82) is 0 Å². The normalized spacial score (nSPS) is 16.3. The third-order valence-corrected chi connectivity index (χ3v) is 21.1. The lowest BCUT2D eigenvalue weighted by atomic mass is 9.74. The van der Waals surface area contributed by atoms with Crippen LogP contribution in [0, 0.1) is 23.3 Å². The van der Waals surface area contributed by atoms with Crippen molar-refractivity contribution in [3.8, 4) is 0 Å². The van der Waals surface area contributed by atoms with Gasteiger partial charge in [-0.25, -0.2) is 76.6 Å². The Kier molecular flexibility index (Phi) is 31.4. The monoisotopic (exact) mass is 1740 g/mol. The molecule has 672 valence electrons. The van der Waals surface area contributed by atoms with Crippen molar-refractivity contribution in [2.75, 3.05) is 172 Å². The molecule has 4 amide bonds. The summed E-state index contributed by atoms with van der Waals surface area (Å²) in [6.07, 6.45) is 11.5. The van der Waals surface area contributed by atoms with E-state index in [1.807, 2.05) is 110 Å². The lowest BCUT2D eigenvalue weighted by molar-refractivity contribution is -0.147. The Bertz CT molecular complexity index is 4860. The third kappa shape index (κ3) is 24.5. The number of esters is 2. The Labute approximate surface area is 724 Å². The average molecular weight is 1740 g/mol. The maximum Gasteiger partial charge on any atom is 0.410 e. The molecule has 5 fully saturated rings. The molecular formula is C89H112F4N16O16. The molecule has 13 rings (SSSR count). The number of aliphatic hydroxyl groups excluding tert-OH is 3. The van der Waals surface area contributed by atoms with Crippen molar-refractivity contribution in [2.45, 2.75) is 128 Å². The van der Waals surface area contributed by atoms with Crippen LogP contribution in [0.5, 0.6) is 0 Å². The largest absolute Gasteiger partial charge is 0.468 e. The van der Waals surface area contributed by atoms with Crippen LogP contribution in [0.1, 0.15) is 134 Å². The van der Waals surface area contributed by atoms with E-state index in [0.717, 1.165) is 11.1 Å². The van der Waals surface area contributed by atoms with Gasteiger partial charge in [-0.2, -0.15) is 0 Å². The van der Waals surface area contributed by atoms with Crippen molar-refractivity contribution in [2.24, 2.45) is 0 Å². The first kappa shape index (κ1) is 95.2. The smallest absolute Gasteiger partial charge is 0.410 e. The van der Waals surface area contributed by atoms with Crippen molar-refractivity contribution < 1.29 is 94.8 Å². The molecule has 4 aromatic carbocycles. The molecule has 0 aliphatic carbocycles. The van der Waals surface area contributed by atoms with E-state index in [0.29, 0.717) is 175 Å². The van der Waals surface area contributed by atoms with Crippen molar-refractivity contribution >= 4 is 60.1 Å². The van der Waals surface area contributed by atoms with Gasteiger partial charge in [0.15, 0.2) is 0 Å². The molecule has 5 saturated heterocycles. The van der Waals surface area contributed by atoms with E-state index in [2.05, 4.69) is 44.8 Å². The molecule has 3 N–H and O–H groups in total. The number of hydrogen-bond acceptors (Lipinski definition) is 28. The predicted octanol–water partition coefficient (Wildman–Crippen LogP) is 10.0. The second kappa shape index (κ2) is 41.2. The van der Waals surface area contributed by atoms with Crippen LogP contribution in [0.3, 0.4) is 0 Å². The van der Waals surface area contributed by atoms with E-state index < -0.39 is 69.3 Å². The van der Waals surface area contributed by atoms with Crippen LogP contribution >= 0.6 is 0 Å². The molecule has 0 radical (unpaired) electrons. The first-order valence-electron chi connectivity index (χ1n) is 41.0. The Morgan fingerprint density at radius 1 is 0.360 bits per heavy atom. The molecule has 0 saturated carbocycles. The molecule has 125 heavy (non-hydrogen) atoms. The van der Waals surface area contributed by atoms with Gasteiger partial charge in [-0.15, -0.1) is 0 Å². The summed E-state index contributed by atoms with van der Waals surface area (Å²) in [7, 11) is 2.52. The Hall–Kier alpha value is -12.0. The van der Waals surface area contributed by atoms with Gasteiger partial charge in [-0.1, -0.05) is 48.5 Å². The van der Waals surface area contributed by atoms with Crippen LogP contribution in [-0.4, -0.2) is 285 Å². The molecule has 2 atom stereocenters. The van der Waals surface area contributed by atoms with E-state index in [1.54, 1.807) is 68.7 Å². The number of hydrogen-bond donors (Lipinski definition) is 3. The minimum Gasteiger partial charge on any atom is -0.468 e. The number of benzene rings is 4. The SMILES string of the molecule is CC(C)(C)OC(=O)N1CCN(c2ncc(C(CO)(CO)c3ccc(F)cc3)cn2)CC1.CC(C)(C)OC(=O)N1CCN(c2ncc(C3(c4ccc(F)cc4)COC3)cn2)CC1.COC(=O)C(CO)(c1ccc(F)cc1)c1cnc(N2CCN(C(=O)OC(C)(C)C)CC2)nc1.COC(=O)C(c1ccc(F)cc1)c1cnc(N2CCN(C(=O)OC(C)(C)C)CC2)nc1. The lowest BCUT2D eigenvalue weighted by Gasteiger charge is -2.42. The van der Waals surface area contributed by atoms with Crippen LogP contribution in [0.15, 0.2) is 147 Å². The maximum absolute atomic E-state index is 13.4. The van der Waals surface area contributed by atoms with Gasteiger partial charge in [0.2, 0.25) is 23.8 Å². The minimum atomic E-state index is -1.59. The van der Waals surface area contributed by atoms with Crippen LogP contribution in [0.2, 0.25) is 0 Å². The fraction of sp³-hybridized carbons (Fsp3) is 0.483. The minimum absolute atomic E-state index is 0.258. The van der Waals surface area contributed by atoms with E-state index in [9.17, 15) is 61.6 Å². The number of nitrogens with zero attached hydrogens (tertiary/aromatic N) is 16. The van der Waals surface area contributed by atoms with Crippen LogP contribution in [0.4, 0.5) is 60.5 Å². The van der Waals surface area contributed by atoms with Gasteiger partial charge in [-0.3, -0.25) is 9.59 Å². The Balaban J connectivity index is 0.000000174. The second-order valence-corrected chi connectivity index (χ2v) is 34.5. The van der Waals surface area contributed by atoms with Crippen LogP contribution < -0.4 is 19.6 Å². The van der Waals surface area contributed by atoms with Crippen molar-refractivity contribution in [3.63, 3.8) is 0 Å². The molecular weight excluding hydrogens is 1630 g/mol. The van der Waals surface area contributed by atoms with E-state index in [-0.39, 0.29) is 54.6 Å². The first-order valence-corrected chi connectivity index (χ1v) is 41.0. The lowest BCUT2D eigenvalue weighted by Crippen LogP contribution is -2.50. The van der Waals surface area contributed by atoms with Crippen molar-refractivity contribution in [3.05, 3.63) is 214 Å². The molecule has 0 spiro atoms. The molecule has 9 heterocycles. The molecule has 8 aromatic rings. The van der Waals surface area contributed by atoms with Crippen molar-refractivity contribution in [1.82, 2.24) is 59.5 Å². The molecule has 5 aliphatic rings. The fourth-order valence-electron chi connectivity index (χ4n) is 14.2. The summed E-state index contributed by atoms with van der Waals surface area (Å²) >= 11 is 0. The number of aromatic nitrogens is 8. The van der Waals surface area contributed by atoms with Gasteiger partial charge < -0.3 is 87.7 Å². The number of halogens is 4. The Morgan fingerprint density at radius 2 is 0.656 bits per heavy atom. The van der Waals surface area contributed by atoms with Gasteiger partial charge in [-0.05, 0) is 154 Å². The fourth-order valence-corrected chi connectivity index (χ4v) is 14.2. The number of rotatable bonds is 17. The highest BCUT2D eigenvalue weighted by Gasteiger charge is 2.46. The summed E-state index contributed by atoms with van der Waals surface area (Å²) in [6, 6.07) is 23.1. The topological polar surface area (TPSA) is 357 Å². The predicted molar refractivity (Wildman–Crippen MR) is 454 cm³/mol. The summed E-state index contributed by atoms with van der Waals surface area (Å²) in [5.74, 6) is -1.37. The van der Waals surface area contributed by atoms with E-state index in [4.69, 9.17) is 33.2 Å². The highest BCUT2D eigenvalue weighted by molar-refractivity contribution is 5.88. The summed E-state index contributed by atoms with van der Waals surface area (Å²) < 4.78 is 90.4. The zero-order chi connectivity index (χ0) is 90.8. The van der Waals surface area contributed by atoms with Crippen LogP contribution in [-0.2, 0) is 59.0 Å². The number of methoxy groups -OCH3 is 2. The molecule has 4 aromatic heterocycles. The van der Waals surface area contributed by atoms with E-state index in [1.165, 1.54) is 99.4 Å². The molecule has 2 unspecified atom stereocenters. The summed E-state index contributed by atoms with van der Waals surface area (Å²) in [5, 5.41) is 30.4. The van der Waals surface area contributed by atoms with Gasteiger partial charge in [0.05, 0.1) is 58.1 Å².